The SMILES string of the molecule is COCCc1nnc(NS(=O)(=O)Cc2cccc(C)c2)s1. The summed E-state index contributed by atoms with van der Waals surface area (Å²) in [5, 5.41) is 8.78. The summed E-state index contributed by atoms with van der Waals surface area (Å²) < 4.78 is 31.6. The molecule has 0 atom stereocenters. The molecule has 0 unspecified atom stereocenters. The van der Waals surface area contributed by atoms with E-state index in [0.717, 1.165) is 16.1 Å². The molecule has 0 fully saturated rings. The highest BCUT2D eigenvalue weighted by atomic mass is 32.2. The standard InChI is InChI=1S/C13H17N3O3S2/c1-10-4-3-5-11(8-10)9-21(17,18)16-13-15-14-12(20-13)6-7-19-2/h3-5,8H,6-7,9H2,1-2H3,(H,15,16). The molecule has 0 spiro atoms. The molecule has 0 aliphatic rings. The lowest BCUT2D eigenvalue weighted by atomic mass is 10.2. The Balaban J connectivity index is 2.02. The molecule has 0 saturated heterocycles. The number of hydrogen-bond donors (Lipinski definition) is 1. The van der Waals surface area contributed by atoms with Gasteiger partial charge in [-0.15, -0.1) is 10.2 Å². The summed E-state index contributed by atoms with van der Waals surface area (Å²) in [6.07, 6.45) is 0.619. The van der Waals surface area contributed by atoms with Crippen molar-refractivity contribution in [2.24, 2.45) is 0 Å². The predicted octanol–water partition coefficient (Wildman–Crippen LogP) is 1.98. The molecule has 1 N–H and O–H groups in total. The summed E-state index contributed by atoms with van der Waals surface area (Å²) in [5.74, 6) is -0.0817. The van der Waals surface area contributed by atoms with Crippen molar-refractivity contribution in [3.05, 3.63) is 40.4 Å². The number of rotatable bonds is 7. The number of nitrogens with one attached hydrogen (secondary N) is 1. The van der Waals surface area contributed by atoms with Crippen molar-refractivity contribution >= 4 is 26.5 Å². The zero-order chi connectivity index (χ0) is 15.3. The Morgan fingerprint density at radius 2 is 2.14 bits per heavy atom. The first-order chi connectivity index (χ1) is 9.98. The number of aromatic nitrogens is 2. The van der Waals surface area contributed by atoms with Crippen LogP contribution < -0.4 is 4.72 Å². The Morgan fingerprint density at radius 3 is 2.86 bits per heavy atom. The first kappa shape index (κ1) is 15.9. The summed E-state index contributed by atoms with van der Waals surface area (Å²) in [4.78, 5) is 0. The molecule has 1 aromatic heterocycles. The number of methoxy groups -OCH3 is 1. The van der Waals surface area contributed by atoms with Crippen LogP contribution in [0.4, 0.5) is 5.13 Å². The van der Waals surface area contributed by atoms with E-state index < -0.39 is 10.0 Å². The van der Waals surface area contributed by atoms with Crippen LogP contribution in [-0.4, -0.2) is 32.3 Å². The van der Waals surface area contributed by atoms with Crippen LogP contribution in [-0.2, 0) is 26.9 Å². The highest BCUT2D eigenvalue weighted by Crippen LogP contribution is 2.18. The molecule has 8 heteroatoms. The summed E-state index contributed by atoms with van der Waals surface area (Å²) in [6, 6.07) is 7.41. The monoisotopic (exact) mass is 327 g/mol. The fraction of sp³-hybridized carbons (Fsp3) is 0.385. The molecule has 21 heavy (non-hydrogen) atoms. The van der Waals surface area contributed by atoms with Gasteiger partial charge in [0.1, 0.15) is 5.01 Å². The minimum Gasteiger partial charge on any atom is -0.384 e. The van der Waals surface area contributed by atoms with Crippen LogP contribution in [0, 0.1) is 6.92 Å². The van der Waals surface area contributed by atoms with Gasteiger partial charge in [-0.1, -0.05) is 41.2 Å². The van der Waals surface area contributed by atoms with Crippen molar-refractivity contribution in [2.75, 3.05) is 18.4 Å². The van der Waals surface area contributed by atoms with Crippen molar-refractivity contribution in [1.82, 2.24) is 10.2 Å². The van der Waals surface area contributed by atoms with E-state index in [9.17, 15) is 8.42 Å². The molecule has 114 valence electrons. The van der Waals surface area contributed by atoms with Crippen molar-refractivity contribution in [1.29, 1.82) is 0 Å². The van der Waals surface area contributed by atoms with E-state index in [2.05, 4.69) is 14.9 Å². The number of ether oxygens (including phenoxy) is 1. The Labute approximate surface area is 128 Å². The van der Waals surface area contributed by atoms with Crippen LogP contribution in [0.5, 0.6) is 0 Å². The number of hydrogen-bond acceptors (Lipinski definition) is 6. The zero-order valence-electron chi connectivity index (χ0n) is 11.9. The van der Waals surface area contributed by atoms with Gasteiger partial charge in [0.05, 0.1) is 12.4 Å². The van der Waals surface area contributed by atoms with Crippen LogP contribution in [0.2, 0.25) is 0 Å². The van der Waals surface area contributed by atoms with E-state index >= 15 is 0 Å². The van der Waals surface area contributed by atoms with Crippen molar-refractivity contribution < 1.29 is 13.2 Å². The van der Waals surface area contributed by atoms with Crippen molar-refractivity contribution in [3.63, 3.8) is 0 Å². The number of nitrogens with zero attached hydrogens (tertiary/aromatic N) is 2. The molecule has 0 saturated carbocycles. The Hall–Kier alpha value is -1.51. The fourth-order valence-corrected chi connectivity index (χ4v) is 3.89. The third-order valence-electron chi connectivity index (χ3n) is 2.67. The topological polar surface area (TPSA) is 81.2 Å². The van der Waals surface area contributed by atoms with Crippen LogP contribution in [0.1, 0.15) is 16.1 Å². The third kappa shape index (κ3) is 5.07. The van der Waals surface area contributed by atoms with Gasteiger partial charge in [-0.2, -0.15) is 0 Å². The molecular weight excluding hydrogens is 310 g/mol. The highest BCUT2D eigenvalue weighted by Gasteiger charge is 2.15. The fourth-order valence-electron chi connectivity index (χ4n) is 1.78. The van der Waals surface area contributed by atoms with Gasteiger partial charge in [0.2, 0.25) is 15.2 Å². The second-order valence-corrected chi connectivity index (χ2v) is 7.38. The maximum absolute atomic E-state index is 12.1. The van der Waals surface area contributed by atoms with Crippen LogP contribution in [0.3, 0.4) is 0 Å². The van der Waals surface area contributed by atoms with E-state index in [4.69, 9.17) is 4.74 Å². The lowest BCUT2D eigenvalue weighted by Gasteiger charge is -2.05. The average Bonchev–Trinajstić information content (AvgIpc) is 2.82. The number of aryl methyl sites for hydroxylation is 1. The van der Waals surface area contributed by atoms with E-state index in [0.29, 0.717) is 13.0 Å². The molecular formula is C13H17N3O3S2. The van der Waals surface area contributed by atoms with Crippen molar-refractivity contribution in [3.8, 4) is 0 Å². The first-order valence-corrected chi connectivity index (χ1v) is 8.83. The van der Waals surface area contributed by atoms with Gasteiger partial charge >= 0.3 is 0 Å². The summed E-state index contributed by atoms with van der Waals surface area (Å²) >= 11 is 1.22. The number of benzene rings is 1. The average molecular weight is 327 g/mol. The predicted molar refractivity (Wildman–Crippen MR) is 82.9 cm³/mol. The zero-order valence-corrected chi connectivity index (χ0v) is 13.5. The molecule has 2 aromatic rings. The smallest absolute Gasteiger partial charge is 0.238 e. The van der Waals surface area contributed by atoms with E-state index in [1.54, 1.807) is 13.2 Å². The quantitative estimate of drug-likeness (QED) is 0.841. The Kier molecular flexibility index (Phi) is 5.27. The molecule has 0 aliphatic carbocycles. The minimum absolute atomic E-state index is 0.0817. The van der Waals surface area contributed by atoms with Crippen LogP contribution in [0.25, 0.3) is 0 Å². The molecule has 0 bridgehead atoms. The lowest BCUT2D eigenvalue weighted by Crippen LogP contribution is -2.15. The van der Waals surface area contributed by atoms with Gasteiger partial charge in [0, 0.05) is 13.5 Å². The second-order valence-electron chi connectivity index (χ2n) is 4.59. The van der Waals surface area contributed by atoms with E-state index in [1.807, 2.05) is 25.1 Å². The van der Waals surface area contributed by atoms with Gasteiger partial charge in [-0.25, -0.2) is 8.42 Å². The molecule has 2 rings (SSSR count). The number of anilines is 1. The molecule has 0 aliphatic heterocycles. The summed E-state index contributed by atoms with van der Waals surface area (Å²) in [6.45, 7) is 2.46. The lowest BCUT2D eigenvalue weighted by molar-refractivity contribution is 0.202. The second kappa shape index (κ2) is 6.97. The summed E-state index contributed by atoms with van der Waals surface area (Å²) in [7, 11) is -1.88. The van der Waals surface area contributed by atoms with Gasteiger partial charge < -0.3 is 4.74 Å². The maximum Gasteiger partial charge on any atom is 0.238 e. The molecule has 1 heterocycles. The molecule has 0 radical (unpaired) electrons. The largest absolute Gasteiger partial charge is 0.384 e. The van der Waals surface area contributed by atoms with Gasteiger partial charge in [-0.05, 0) is 12.5 Å². The van der Waals surface area contributed by atoms with Crippen LogP contribution >= 0.6 is 11.3 Å². The van der Waals surface area contributed by atoms with Gasteiger partial charge in [0.15, 0.2) is 0 Å². The van der Waals surface area contributed by atoms with Gasteiger partial charge in [-0.3, -0.25) is 4.72 Å². The molecule has 6 nitrogen and oxygen atoms in total. The van der Waals surface area contributed by atoms with Crippen LogP contribution in [0.15, 0.2) is 24.3 Å². The Morgan fingerprint density at radius 1 is 1.33 bits per heavy atom. The minimum atomic E-state index is -3.48. The van der Waals surface area contributed by atoms with E-state index in [-0.39, 0.29) is 10.9 Å². The van der Waals surface area contributed by atoms with E-state index in [1.165, 1.54) is 11.3 Å². The maximum atomic E-state index is 12.1. The third-order valence-corrected chi connectivity index (χ3v) is 4.91. The number of sulfonamides is 1. The summed E-state index contributed by atoms with van der Waals surface area (Å²) in [5.41, 5.74) is 1.77. The van der Waals surface area contributed by atoms with Crippen molar-refractivity contribution in [2.45, 2.75) is 19.1 Å². The molecule has 1 aromatic carbocycles. The van der Waals surface area contributed by atoms with Gasteiger partial charge in [0.25, 0.3) is 0 Å². The highest BCUT2D eigenvalue weighted by molar-refractivity contribution is 7.92. The molecule has 0 amide bonds. The Bertz CT molecular complexity index is 698. The first-order valence-electron chi connectivity index (χ1n) is 6.36. The normalized spacial score (nSPS) is 11.5.